The van der Waals surface area contributed by atoms with Crippen LogP contribution in [-0.4, -0.2) is 49.1 Å². The molecule has 0 saturated carbocycles. The summed E-state index contributed by atoms with van der Waals surface area (Å²) in [7, 11) is 0. The van der Waals surface area contributed by atoms with Crippen LogP contribution < -0.4 is 14.9 Å². The Balaban J connectivity index is 1.68. The van der Waals surface area contributed by atoms with Gasteiger partial charge in [0.1, 0.15) is 5.75 Å². The number of rotatable bonds is 7. The van der Waals surface area contributed by atoms with Gasteiger partial charge in [0.25, 0.3) is 5.91 Å². The number of benzene rings is 1. The highest BCUT2D eigenvalue weighted by molar-refractivity contribution is 7.09. The standard InChI is InChI=1S/C26H34F3N3O3S/c1-25(2,3)22-15-32(14-19-5-4-10-34-19)24(36-22)31-23(33)20-11-17(12-26(27,28)29)6-7-21(20)35-16-18-8-9-30-13-18/h6-7,11,15,18-19,30H,4-5,8-10,12-14,16H2,1-3H3/b31-24-/t18-,19-/m1/s1. The van der Waals surface area contributed by atoms with E-state index in [9.17, 15) is 18.0 Å². The van der Waals surface area contributed by atoms with Crippen molar-refractivity contribution in [1.82, 2.24) is 9.88 Å². The van der Waals surface area contributed by atoms with Crippen LogP contribution in [0.25, 0.3) is 0 Å². The number of carbonyl (C=O) groups is 1. The molecule has 0 unspecified atom stereocenters. The summed E-state index contributed by atoms with van der Waals surface area (Å²) in [6, 6.07) is 4.10. The first-order valence-corrected chi connectivity index (χ1v) is 13.2. The molecule has 1 aromatic heterocycles. The summed E-state index contributed by atoms with van der Waals surface area (Å²) in [5.41, 5.74) is -0.0856. The van der Waals surface area contributed by atoms with E-state index >= 15 is 0 Å². The Morgan fingerprint density at radius 2 is 2.08 bits per heavy atom. The molecule has 2 fully saturated rings. The van der Waals surface area contributed by atoms with Crippen molar-refractivity contribution in [3.63, 3.8) is 0 Å². The summed E-state index contributed by atoms with van der Waals surface area (Å²) in [6.45, 7) is 9.66. The second-order valence-corrected chi connectivity index (χ2v) is 11.6. The lowest BCUT2D eigenvalue weighted by molar-refractivity contribution is -0.127. The Kier molecular flexibility index (Phi) is 8.26. The quantitative estimate of drug-likeness (QED) is 0.561. The average molecular weight is 526 g/mol. The van der Waals surface area contributed by atoms with Crippen LogP contribution in [0.15, 0.2) is 29.4 Å². The molecule has 2 aliphatic heterocycles. The number of hydrogen-bond acceptors (Lipinski definition) is 5. The van der Waals surface area contributed by atoms with E-state index in [1.807, 2.05) is 10.8 Å². The monoisotopic (exact) mass is 525 g/mol. The molecular formula is C26H34F3N3O3S. The molecule has 10 heteroatoms. The number of nitrogens with zero attached hydrogens (tertiary/aromatic N) is 2. The Morgan fingerprint density at radius 3 is 2.72 bits per heavy atom. The van der Waals surface area contributed by atoms with Crippen molar-refractivity contribution >= 4 is 17.2 Å². The van der Waals surface area contributed by atoms with Crippen LogP contribution in [0.4, 0.5) is 13.2 Å². The summed E-state index contributed by atoms with van der Waals surface area (Å²) in [5.74, 6) is -0.0539. The highest BCUT2D eigenvalue weighted by atomic mass is 32.1. The first-order valence-electron chi connectivity index (χ1n) is 12.4. The molecule has 2 saturated heterocycles. The van der Waals surface area contributed by atoms with Crippen molar-refractivity contribution in [3.05, 3.63) is 45.2 Å². The second-order valence-electron chi connectivity index (χ2n) is 10.6. The van der Waals surface area contributed by atoms with E-state index in [1.54, 1.807) is 0 Å². The Morgan fingerprint density at radius 1 is 1.28 bits per heavy atom. The largest absolute Gasteiger partial charge is 0.492 e. The van der Waals surface area contributed by atoms with Crippen molar-refractivity contribution in [2.75, 3.05) is 26.3 Å². The first-order chi connectivity index (χ1) is 17.0. The Labute approximate surface area is 213 Å². The number of halogens is 3. The van der Waals surface area contributed by atoms with Crippen LogP contribution in [0.2, 0.25) is 0 Å². The number of carbonyl (C=O) groups excluding carboxylic acids is 1. The molecule has 0 bridgehead atoms. The molecule has 0 spiro atoms. The third-order valence-corrected chi connectivity index (χ3v) is 7.84. The van der Waals surface area contributed by atoms with Gasteiger partial charge < -0.3 is 19.4 Å². The van der Waals surface area contributed by atoms with Crippen LogP contribution in [0.5, 0.6) is 5.75 Å². The smallest absolute Gasteiger partial charge is 0.393 e. The normalized spacial score (nSPS) is 21.3. The molecule has 2 aromatic rings. The van der Waals surface area contributed by atoms with Gasteiger partial charge in [0.15, 0.2) is 4.80 Å². The molecule has 198 valence electrons. The predicted octanol–water partition coefficient (Wildman–Crippen LogP) is 4.86. The first kappa shape index (κ1) is 26.9. The fourth-order valence-corrected chi connectivity index (χ4v) is 5.43. The van der Waals surface area contributed by atoms with Crippen molar-refractivity contribution in [2.45, 2.75) is 70.7 Å². The third kappa shape index (κ3) is 7.20. The topological polar surface area (TPSA) is 64.9 Å². The highest BCUT2D eigenvalue weighted by Gasteiger charge is 2.29. The van der Waals surface area contributed by atoms with E-state index < -0.39 is 18.5 Å². The van der Waals surface area contributed by atoms with E-state index in [2.05, 4.69) is 31.1 Å². The number of ether oxygens (including phenoxy) is 2. The number of alkyl halides is 3. The van der Waals surface area contributed by atoms with Crippen LogP contribution in [0.3, 0.4) is 0 Å². The molecule has 2 atom stereocenters. The van der Waals surface area contributed by atoms with Crippen molar-refractivity contribution in [2.24, 2.45) is 10.9 Å². The summed E-state index contributed by atoms with van der Waals surface area (Å²) in [4.78, 5) is 19.4. The molecule has 3 heterocycles. The SMILES string of the molecule is CC(C)(C)c1cn(C[C@H]2CCCO2)/c(=N/C(=O)c2cc(CC(F)(F)F)ccc2OC[C@@H]2CCNC2)s1. The summed E-state index contributed by atoms with van der Waals surface area (Å²) < 4.78 is 52.9. The summed E-state index contributed by atoms with van der Waals surface area (Å²) in [6.07, 6.45) is -0.557. The zero-order valence-electron chi connectivity index (χ0n) is 21.0. The molecule has 0 radical (unpaired) electrons. The number of nitrogens with one attached hydrogen (secondary N) is 1. The van der Waals surface area contributed by atoms with Gasteiger partial charge in [0, 0.05) is 30.1 Å². The van der Waals surface area contributed by atoms with E-state index in [0.29, 0.717) is 23.9 Å². The van der Waals surface area contributed by atoms with Gasteiger partial charge in [-0.1, -0.05) is 26.8 Å². The lowest BCUT2D eigenvalue weighted by atomic mass is 9.95. The molecule has 6 nitrogen and oxygen atoms in total. The lowest BCUT2D eigenvalue weighted by Gasteiger charge is -2.15. The maximum atomic E-state index is 13.4. The minimum absolute atomic E-state index is 0.00438. The van der Waals surface area contributed by atoms with Crippen LogP contribution >= 0.6 is 11.3 Å². The van der Waals surface area contributed by atoms with Crippen molar-refractivity contribution in [1.29, 1.82) is 0 Å². The number of amides is 1. The average Bonchev–Trinajstić information content (AvgIpc) is 3.54. The maximum Gasteiger partial charge on any atom is 0.393 e. The fourth-order valence-electron chi connectivity index (χ4n) is 4.38. The number of aromatic nitrogens is 1. The Hall–Kier alpha value is -2.17. The number of hydrogen-bond donors (Lipinski definition) is 1. The van der Waals surface area contributed by atoms with Crippen LogP contribution in [0.1, 0.15) is 60.8 Å². The molecule has 1 amide bonds. The van der Waals surface area contributed by atoms with E-state index in [-0.39, 0.29) is 28.4 Å². The summed E-state index contributed by atoms with van der Waals surface area (Å²) in [5, 5.41) is 3.26. The maximum absolute atomic E-state index is 13.4. The van der Waals surface area contributed by atoms with Gasteiger partial charge in [-0.2, -0.15) is 18.2 Å². The van der Waals surface area contributed by atoms with E-state index in [4.69, 9.17) is 9.47 Å². The van der Waals surface area contributed by atoms with Crippen LogP contribution in [-0.2, 0) is 23.1 Å². The van der Waals surface area contributed by atoms with Gasteiger partial charge in [-0.15, -0.1) is 11.3 Å². The van der Waals surface area contributed by atoms with Gasteiger partial charge in [-0.25, -0.2) is 0 Å². The lowest BCUT2D eigenvalue weighted by Crippen LogP contribution is -2.24. The molecule has 1 aromatic carbocycles. The second kappa shape index (κ2) is 11.1. The molecule has 36 heavy (non-hydrogen) atoms. The Bertz CT molecular complexity index is 1120. The molecule has 0 aliphatic carbocycles. The van der Waals surface area contributed by atoms with Crippen molar-refractivity contribution in [3.8, 4) is 5.75 Å². The van der Waals surface area contributed by atoms with Crippen LogP contribution in [0, 0.1) is 5.92 Å². The molecule has 2 aliphatic rings. The van der Waals surface area contributed by atoms with Gasteiger partial charge in [-0.3, -0.25) is 4.79 Å². The fraction of sp³-hybridized carbons (Fsp3) is 0.615. The molecule has 4 rings (SSSR count). The number of thiazole rings is 1. The van der Waals surface area contributed by atoms with Gasteiger partial charge in [0.05, 0.1) is 31.2 Å². The summed E-state index contributed by atoms with van der Waals surface area (Å²) >= 11 is 1.42. The zero-order chi connectivity index (χ0) is 25.9. The van der Waals surface area contributed by atoms with E-state index in [1.165, 1.54) is 29.5 Å². The highest BCUT2D eigenvalue weighted by Crippen LogP contribution is 2.28. The van der Waals surface area contributed by atoms with Gasteiger partial charge in [-0.05, 0) is 48.9 Å². The van der Waals surface area contributed by atoms with E-state index in [0.717, 1.165) is 43.8 Å². The minimum atomic E-state index is -4.38. The molecule has 1 N–H and O–H groups in total. The third-order valence-electron chi connectivity index (χ3n) is 6.40. The van der Waals surface area contributed by atoms with Gasteiger partial charge >= 0.3 is 6.18 Å². The zero-order valence-corrected chi connectivity index (χ0v) is 21.8. The van der Waals surface area contributed by atoms with Crippen molar-refractivity contribution < 1.29 is 27.4 Å². The molecular weight excluding hydrogens is 491 g/mol. The predicted molar refractivity (Wildman–Crippen MR) is 133 cm³/mol. The minimum Gasteiger partial charge on any atom is -0.492 e. The van der Waals surface area contributed by atoms with Gasteiger partial charge in [0.2, 0.25) is 0 Å².